The zero-order valence-corrected chi connectivity index (χ0v) is 15.0. The van der Waals surface area contributed by atoms with E-state index in [-0.39, 0.29) is 36.1 Å². The highest BCUT2D eigenvalue weighted by molar-refractivity contribution is 5.95. The van der Waals surface area contributed by atoms with Gasteiger partial charge in [0, 0.05) is 12.1 Å². The number of halogens is 2. The number of rotatable bonds is 4. The summed E-state index contributed by atoms with van der Waals surface area (Å²) in [6.45, 7) is 3.78. The lowest BCUT2D eigenvalue weighted by Crippen LogP contribution is -2.40. The van der Waals surface area contributed by atoms with Gasteiger partial charge in [-0.05, 0) is 51.2 Å². The number of ether oxygens (including phenoxy) is 1. The molecule has 1 aromatic carbocycles. The topological polar surface area (TPSA) is 50.4 Å². The quantitative estimate of drug-likeness (QED) is 0.860. The molecule has 1 amide bonds. The van der Waals surface area contributed by atoms with E-state index in [0.717, 1.165) is 12.8 Å². The van der Waals surface area contributed by atoms with Crippen LogP contribution in [0.15, 0.2) is 18.2 Å². The highest BCUT2D eigenvalue weighted by Crippen LogP contribution is 2.33. The third-order valence-electron chi connectivity index (χ3n) is 4.75. The first-order valence-corrected chi connectivity index (χ1v) is 8.56. The summed E-state index contributed by atoms with van der Waals surface area (Å²) in [5.74, 6) is 0.453. The number of amides is 1. The molecule has 2 aliphatic rings. The number of nitrogens with one attached hydrogen (secondary N) is 2. The molecule has 1 aromatic rings. The SMILES string of the molecule is CC(C)Oc1ccc(NC(=O)C2CC3CCCCC3N2)c(F)c1.Cl. The summed E-state index contributed by atoms with van der Waals surface area (Å²) in [7, 11) is 0. The van der Waals surface area contributed by atoms with Crippen molar-refractivity contribution >= 4 is 24.0 Å². The second kappa shape index (κ2) is 8.17. The van der Waals surface area contributed by atoms with E-state index in [2.05, 4.69) is 10.6 Å². The largest absolute Gasteiger partial charge is 0.491 e. The lowest BCUT2D eigenvalue weighted by Gasteiger charge is -2.24. The van der Waals surface area contributed by atoms with Gasteiger partial charge in [0.1, 0.15) is 11.6 Å². The number of fused-ring (bicyclic) bond motifs is 1. The van der Waals surface area contributed by atoms with Gasteiger partial charge in [0.05, 0.1) is 17.8 Å². The molecule has 1 aliphatic heterocycles. The third kappa shape index (κ3) is 4.39. The van der Waals surface area contributed by atoms with Gasteiger partial charge in [0.15, 0.2) is 0 Å². The predicted molar refractivity (Wildman–Crippen MR) is 95.3 cm³/mol. The molecule has 1 heterocycles. The Kier molecular flexibility index (Phi) is 6.47. The molecule has 0 aromatic heterocycles. The summed E-state index contributed by atoms with van der Waals surface area (Å²) in [6.07, 6.45) is 5.66. The van der Waals surface area contributed by atoms with Crippen molar-refractivity contribution in [3.8, 4) is 5.75 Å². The Balaban J connectivity index is 0.00000208. The van der Waals surface area contributed by atoms with Crippen LogP contribution in [0.1, 0.15) is 46.0 Å². The van der Waals surface area contributed by atoms with Gasteiger partial charge in [0.25, 0.3) is 0 Å². The van der Waals surface area contributed by atoms with Crippen molar-refractivity contribution in [3.05, 3.63) is 24.0 Å². The summed E-state index contributed by atoms with van der Waals surface area (Å²) < 4.78 is 19.6. The van der Waals surface area contributed by atoms with Crippen LogP contribution in [-0.2, 0) is 4.79 Å². The average molecular weight is 357 g/mol. The molecule has 1 aliphatic carbocycles. The molecule has 4 nitrogen and oxygen atoms in total. The molecule has 0 radical (unpaired) electrons. The molecule has 0 bridgehead atoms. The van der Waals surface area contributed by atoms with Crippen molar-refractivity contribution in [2.75, 3.05) is 5.32 Å². The van der Waals surface area contributed by atoms with Crippen LogP contribution >= 0.6 is 12.4 Å². The zero-order valence-electron chi connectivity index (χ0n) is 14.2. The van der Waals surface area contributed by atoms with E-state index in [0.29, 0.717) is 17.7 Å². The monoisotopic (exact) mass is 356 g/mol. The van der Waals surface area contributed by atoms with Crippen LogP contribution in [-0.4, -0.2) is 24.1 Å². The Morgan fingerprint density at radius 2 is 2.08 bits per heavy atom. The van der Waals surface area contributed by atoms with Crippen molar-refractivity contribution < 1.29 is 13.9 Å². The smallest absolute Gasteiger partial charge is 0.241 e. The minimum Gasteiger partial charge on any atom is -0.491 e. The van der Waals surface area contributed by atoms with E-state index in [1.165, 1.54) is 25.3 Å². The Hall–Kier alpha value is -1.33. The first kappa shape index (κ1) is 19.0. The molecule has 3 rings (SSSR count). The first-order valence-electron chi connectivity index (χ1n) is 8.56. The van der Waals surface area contributed by atoms with Crippen molar-refractivity contribution in [1.82, 2.24) is 5.32 Å². The Labute approximate surface area is 148 Å². The molecule has 0 spiro atoms. The number of carbonyl (C=O) groups is 1. The summed E-state index contributed by atoms with van der Waals surface area (Å²) in [6, 6.07) is 4.80. The molecule has 3 atom stereocenters. The van der Waals surface area contributed by atoms with E-state index in [9.17, 15) is 9.18 Å². The fourth-order valence-corrected chi connectivity index (χ4v) is 3.68. The Bertz CT molecular complexity index is 568. The van der Waals surface area contributed by atoms with Gasteiger partial charge in [-0.25, -0.2) is 4.39 Å². The Morgan fingerprint density at radius 1 is 1.33 bits per heavy atom. The maximum atomic E-state index is 14.1. The fourth-order valence-electron chi connectivity index (χ4n) is 3.68. The van der Waals surface area contributed by atoms with Crippen LogP contribution in [0, 0.1) is 11.7 Å². The van der Waals surface area contributed by atoms with Gasteiger partial charge >= 0.3 is 0 Å². The summed E-state index contributed by atoms with van der Waals surface area (Å²) in [5, 5.41) is 6.12. The third-order valence-corrected chi connectivity index (χ3v) is 4.75. The van der Waals surface area contributed by atoms with Crippen molar-refractivity contribution in [2.45, 2.75) is 64.1 Å². The van der Waals surface area contributed by atoms with Crippen LogP contribution < -0.4 is 15.4 Å². The summed E-state index contributed by atoms with van der Waals surface area (Å²) >= 11 is 0. The molecule has 3 unspecified atom stereocenters. The molecular formula is C18H26ClFN2O2. The molecular weight excluding hydrogens is 331 g/mol. The highest BCUT2D eigenvalue weighted by atomic mass is 35.5. The molecule has 1 saturated carbocycles. The van der Waals surface area contributed by atoms with Gasteiger partial charge in [-0.1, -0.05) is 12.8 Å². The van der Waals surface area contributed by atoms with Crippen molar-refractivity contribution in [1.29, 1.82) is 0 Å². The number of hydrogen-bond donors (Lipinski definition) is 2. The van der Waals surface area contributed by atoms with Gasteiger partial charge < -0.3 is 15.4 Å². The van der Waals surface area contributed by atoms with Gasteiger partial charge in [-0.2, -0.15) is 0 Å². The minimum atomic E-state index is -0.466. The molecule has 134 valence electrons. The van der Waals surface area contributed by atoms with E-state index in [4.69, 9.17) is 4.74 Å². The summed E-state index contributed by atoms with van der Waals surface area (Å²) in [4.78, 5) is 12.4. The van der Waals surface area contributed by atoms with Crippen LogP contribution in [0.2, 0.25) is 0 Å². The molecule has 24 heavy (non-hydrogen) atoms. The zero-order chi connectivity index (χ0) is 16.4. The normalized spacial score (nSPS) is 25.8. The van der Waals surface area contributed by atoms with Crippen LogP contribution in [0.4, 0.5) is 10.1 Å². The molecule has 1 saturated heterocycles. The first-order chi connectivity index (χ1) is 11.0. The molecule has 2 N–H and O–H groups in total. The number of anilines is 1. The number of carbonyl (C=O) groups excluding carboxylic acids is 1. The average Bonchev–Trinajstić information content (AvgIpc) is 2.93. The van der Waals surface area contributed by atoms with Crippen molar-refractivity contribution in [2.24, 2.45) is 5.92 Å². The van der Waals surface area contributed by atoms with Crippen LogP contribution in [0.3, 0.4) is 0 Å². The number of benzene rings is 1. The maximum absolute atomic E-state index is 14.1. The predicted octanol–water partition coefficient (Wildman–Crippen LogP) is 3.89. The lowest BCUT2D eigenvalue weighted by atomic mass is 9.85. The standard InChI is InChI=1S/C18H25FN2O2.ClH/c1-11(2)23-13-7-8-16(14(19)10-13)21-18(22)17-9-12-5-3-4-6-15(12)20-17;/h7-8,10-12,15,17,20H,3-6,9H2,1-2H3,(H,21,22);1H. The van der Waals surface area contributed by atoms with E-state index < -0.39 is 5.82 Å². The molecule has 2 fully saturated rings. The van der Waals surface area contributed by atoms with Gasteiger partial charge in [-0.3, -0.25) is 4.79 Å². The lowest BCUT2D eigenvalue weighted by molar-refractivity contribution is -0.117. The van der Waals surface area contributed by atoms with E-state index >= 15 is 0 Å². The minimum absolute atomic E-state index is 0. The van der Waals surface area contributed by atoms with Gasteiger partial charge in [0.2, 0.25) is 5.91 Å². The Morgan fingerprint density at radius 3 is 2.75 bits per heavy atom. The summed E-state index contributed by atoms with van der Waals surface area (Å²) in [5.41, 5.74) is 0.211. The van der Waals surface area contributed by atoms with E-state index in [1.54, 1.807) is 12.1 Å². The number of hydrogen-bond acceptors (Lipinski definition) is 3. The van der Waals surface area contributed by atoms with Crippen molar-refractivity contribution in [3.63, 3.8) is 0 Å². The fraction of sp³-hybridized carbons (Fsp3) is 0.611. The van der Waals surface area contributed by atoms with E-state index in [1.807, 2.05) is 13.8 Å². The highest BCUT2D eigenvalue weighted by Gasteiger charge is 2.38. The van der Waals surface area contributed by atoms with Gasteiger partial charge in [-0.15, -0.1) is 12.4 Å². The second-order valence-corrected chi connectivity index (χ2v) is 6.90. The van der Waals surface area contributed by atoms with Crippen LogP contribution in [0.25, 0.3) is 0 Å². The van der Waals surface area contributed by atoms with Crippen LogP contribution in [0.5, 0.6) is 5.75 Å². The molecule has 6 heteroatoms. The second-order valence-electron chi connectivity index (χ2n) is 6.90. The maximum Gasteiger partial charge on any atom is 0.241 e.